The number of aliphatic hydroxyl groups excluding tert-OH is 1. The van der Waals surface area contributed by atoms with Crippen molar-refractivity contribution < 1.29 is 23.1 Å². The summed E-state index contributed by atoms with van der Waals surface area (Å²) in [6.07, 6.45) is -7.08. The molecule has 0 aromatic carbocycles. The fraction of sp³-hybridized carbons (Fsp3) is 0.875. The molecule has 1 amide bonds. The van der Waals surface area contributed by atoms with Gasteiger partial charge >= 0.3 is 6.18 Å². The van der Waals surface area contributed by atoms with Crippen LogP contribution < -0.4 is 11.1 Å². The standard InChI is InChI=1S/C8H15F3N2O2/c1-7(2,6(12)15)4-13-3-5(14)8(9,10)11/h5,13-14H,3-4H2,1-2H3,(H2,12,15). The normalized spacial score (nSPS) is 15.1. The molecule has 4 N–H and O–H groups in total. The van der Waals surface area contributed by atoms with Gasteiger partial charge in [0.1, 0.15) is 0 Å². The molecule has 0 aliphatic heterocycles. The molecule has 0 aromatic rings. The fourth-order valence-electron chi connectivity index (χ4n) is 0.724. The lowest BCUT2D eigenvalue weighted by Gasteiger charge is -2.22. The molecule has 0 spiro atoms. The van der Waals surface area contributed by atoms with Crippen LogP contribution in [0.1, 0.15) is 13.8 Å². The molecular formula is C8H15F3N2O2. The number of carbonyl (C=O) groups excluding carboxylic acids is 1. The number of alkyl halides is 3. The van der Waals surface area contributed by atoms with Crippen LogP contribution in [0.5, 0.6) is 0 Å². The number of hydrogen-bond donors (Lipinski definition) is 3. The number of carbonyl (C=O) groups is 1. The Hall–Kier alpha value is -0.820. The van der Waals surface area contributed by atoms with E-state index in [-0.39, 0.29) is 6.54 Å². The van der Waals surface area contributed by atoms with Crippen molar-refractivity contribution in [3.05, 3.63) is 0 Å². The molecule has 0 heterocycles. The molecule has 0 fully saturated rings. The summed E-state index contributed by atoms with van der Waals surface area (Å²) in [5.74, 6) is -0.614. The summed E-state index contributed by atoms with van der Waals surface area (Å²) in [7, 11) is 0. The number of rotatable bonds is 5. The summed E-state index contributed by atoms with van der Waals surface area (Å²) >= 11 is 0. The van der Waals surface area contributed by atoms with Crippen molar-refractivity contribution in [2.45, 2.75) is 26.1 Å². The lowest BCUT2D eigenvalue weighted by Crippen LogP contribution is -2.45. The Bertz CT molecular complexity index is 228. The summed E-state index contributed by atoms with van der Waals surface area (Å²) in [5.41, 5.74) is 4.07. The predicted octanol–water partition coefficient (Wildman–Crippen LogP) is 0.0107. The third-order valence-corrected chi connectivity index (χ3v) is 1.95. The van der Waals surface area contributed by atoms with Crippen molar-refractivity contribution in [3.63, 3.8) is 0 Å². The zero-order valence-electron chi connectivity index (χ0n) is 8.56. The SMILES string of the molecule is CC(C)(CNCC(O)C(F)(F)F)C(N)=O. The van der Waals surface area contributed by atoms with Crippen molar-refractivity contribution >= 4 is 5.91 Å². The van der Waals surface area contributed by atoms with E-state index in [2.05, 4.69) is 5.32 Å². The summed E-state index contributed by atoms with van der Waals surface area (Å²) in [5, 5.41) is 11.0. The van der Waals surface area contributed by atoms with Crippen LogP contribution in [0.2, 0.25) is 0 Å². The molecule has 90 valence electrons. The highest BCUT2D eigenvalue weighted by atomic mass is 19.4. The van der Waals surface area contributed by atoms with Gasteiger partial charge in [0, 0.05) is 13.1 Å². The highest BCUT2D eigenvalue weighted by Crippen LogP contribution is 2.19. The average molecular weight is 228 g/mol. The molecule has 0 aliphatic rings. The van der Waals surface area contributed by atoms with Gasteiger partial charge in [-0.2, -0.15) is 13.2 Å². The molecule has 4 nitrogen and oxygen atoms in total. The number of aliphatic hydroxyl groups is 1. The number of nitrogens with two attached hydrogens (primary N) is 1. The Labute approximate surface area is 85.6 Å². The van der Waals surface area contributed by atoms with E-state index in [9.17, 15) is 18.0 Å². The van der Waals surface area contributed by atoms with Crippen LogP contribution in [0.25, 0.3) is 0 Å². The highest BCUT2D eigenvalue weighted by molar-refractivity contribution is 5.80. The average Bonchev–Trinajstić information content (AvgIpc) is 2.01. The molecule has 0 aliphatic carbocycles. The molecule has 0 radical (unpaired) electrons. The maximum absolute atomic E-state index is 11.8. The van der Waals surface area contributed by atoms with Crippen molar-refractivity contribution in [1.82, 2.24) is 5.32 Å². The van der Waals surface area contributed by atoms with Crippen LogP contribution in [-0.2, 0) is 4.79 Å². The summed E-state index contributed by atoms with van der Waals surface area (Å²) < 4.78 is 35.5. The lowest BCUT2D eigenvalue weighted by molar-refractivity contribution is -0.202. The minimum Gasteiger partial charge on any atom is -0.382 e. The minimum atomic E-state index is -4.65. The van der Waals surface area contributed by atoms with E-state index in [1.54, 1.807) is 0 Å². The van der Waals surface area contributed by atoms with Crippen molar-refractivity contribution in [2.75, 3.05) is 13.1 Å². The van der Waals surface area contributed by atoms with Crippen molar-refractivity contribution in [3.8, 4) is 0 Å². The second-order valence-electron chi connectivity index (χ2n) is 3.94. The third-order valence-electron chi connectivity index (χ3n) is 1.95. The van der Waals surface area contributed by atoms with Crippen LogP contribution in [-0.4, -0.2) is 36.4 Å². The van der Waals surface area contributed by atoms with E-state index < -0.39 is 30.1 Å². The smallest absolute Gasteiger partial charge is 0.382 e. The monoisotopic (exact) mass is 228 g/mol. The lowest BCUT2D eigenvalue weighted by atomic mass is 9.93. The van der Waals surface area contributed by atoms with Gasteiger partial charge in [-0.25, -0.2) is 0 Å². The summed E-state index contributed by atoms with van der Waals surface area (Å²) in [4.78, 5) is 10.8. The molecule has 0 rings (SSSR count). The Balaban J connectivity index is 3.95. The number of hydrogen-bond acceptors (Lipinski definition) is 3. The topological polar surface area (TPSA) is 75.3 Å². The van der Waals surface area contributed by atoms with Gasteiger partial charge in [0.05, 0.1) is 5.41 Å². The third kappa shape index (κ3) is 4.98. The first-order chi connectivity index (χ1) is 6.57. The van der Waals surface area contributed by atoms with Gasteiger partial charge in [-0.1, -0.05) is 0 Å². The van der Waals surface area contributed by atoms with Gasteiger partial charge in [-0.15, -0.1) is 0 Å². The second-order valence-corrected chi connectivity index (χ2v) is 3.94. The summed E-state index contributed by atoms with van der Waals surface area (Å²) in [6, 6.07) is 0. The Morgan fingerprint density at radius 3 is 2.27 bits per heavy atom. The number of primary amides is 1. The zero-order chi connectivity index (χ0) is 12.3. The predicted molar refractivity (Wildman–Crippen MR) is 47.9 cm³/mol. The maximum Gasteiger partial charge on any atom is 0.415 e. The van der Waals surface area contributed by atoms with Gasteiger partial charge in [0.2, 0.25) is 5.91 Å². The van der Waals surface area contributed by atoms with E-state index >= 15 is 0 Å². The Morgan fingerprint density at radius 2 is 1.93 bits per heavy atom. The second kappa shape index (κ2) is 4.80. The molecule has 1 atom stereocenters. The van der Waals surface area contributed by atoms with Crippen LogP contribution >= 0.6 is 0 Å². The molecule has 0 bridgehead atoms. The van der Waals surface area contributed by atoms with E-state index in [4.69, 9.17) is 10.8 Å². The first-order valence-corrected chi connectivity index (χ1v) is 4.33. The first-order valence-electron chi connectivity index (χ1n) is 4.33. The van der Waals surface area contributed by atoms with Crippen LogP contribution in [0.4, 0.5) is 13.2 Å². The van der Waals surface area contributed by atoms with E-state index in [1.165, 1.54) is 13.8 Å². The molecule has 0 saturated heterocycles. The van der Waals surface area contributed by atoms with E-state index in [0.717, 1.165) is 0 Å². The minimum absolute atomic E-state index is 0.0184. The zero-order valence-corrected chi connectivity index (χ0v) is 8.56. The molecule has 1 unspecified atom stereocenters. The maximum atomic E-state index is 11.8. The molecular weight excluding hydrogens is 213 g/mol. The Morgan fingerprint density at radius 1 is 1.47 bits per heavy atom. The molecule has 0 saturated carbocycles. The highest BCUT2D eigenvalue weighted by Gasteiger charge is 2.38. The number of halogens is 3. The first kappa shape index (κ1) is 14.2. The van der Waals surface area contributed by atoms with Crippen molar-refractivity contribution in [1.29, 1.82) is 0 Å². The fourth-order valence-corrected chi connectivity index (χ4v) is 0.724. The quantitative estimate of drug-likeness (QED) is 0.620. The molecule has 7 heteroatoms. The van der Waals surface area contributed by atoms with Crippen LogP contribution in [0.3, 0.4) is 0 Å². The Kier molecular flexibility index (Phi) is 4.54. The van der Waals surface area contributed by atoms with Gasteiger partial charge < -0.3 is 16.2 Å². The molecule has 0 aromatic heterocycles. The number of amides is 1. The largest absolute Gasteiger partial charge is 0.415 e. The van der Waals surface area contributed by atoms with Crippen LogP contribution in [0, 0.1) is 5.41 Å². The molecule has 15 heavy (non-hydrogen) atoms. The van der Waals surface area contributed by atoms with Crippen molar-refractivity contribution in [2.24, 2.45) is 11.1 Å². The van der Waals surface area contributed by atoms with Gasteiger partial charge in [0.15, 0.2) is 6.10 Å². The van der Waals surface area contributed by atoms with Gasteiger partial charge in [-0.05, 0) is 13.8 Å². The van der Waals surface area contributed by atoms with Gasteiger partial charge in [-0.3, -0.25) is 4.79 Å². The summed E-state index contributed by atoms with van der Waals surface area (Å²) in [6.45, 7) is 2.33. The number of nitrogens with one attached hydrogen (secondary N) is 1. The van der Waals surface area contributed by atoms with Crippen LogP contribution in [0.15, 0.2) is 0 Å². The van der Waals surface area contributed by atoms with E-state index in [1.807, 2.05) is 0 Å². The van der Waals surface area contributed by atoms with Gasteiger partial charge in [0.25, 0.3) is 0 Å². The van der Waals surface area contributed by atoms with E-state index in [0.29, 0.717) is 0 Å².